The highest BCUT2D eigenvalue weighted by Gasteiger charge is 2.48. The molecule has 4 rings (SSSR count). The summed E-state index contributed by atoms with van der Waals surface area (Å²) in [6, 6.07) is 14.2. The summed E-state index contributed by atoms with van der Waals surface area (Å²) in [7, 11) is 0. The average Bonchev–Trinajstić information content (AvgIpc) is 2.93. The molecule has 21 heavy (non-hydrogen) atoms. The lowest BCUT2D eigenvalue weighted by atomic mass is 9.61. The number of hydrogen-bond donors (Lipinski definition) is 0. The minimum Gasteiger partial charge on any atom is -0.0645 e. The SMILES string of the molecule is CC[C@@]12CCC[C@@H]1c1cc(C)ccc1-c1ccc(C)cc12. The van der Waals surface area contributed by atoms with E-state index in [2.05, 4.69) is 57.2 Å². The highest BCUT2D eigenvalue weighted by atomic mass is 14.5. The summed E-state index contributed by atoms with van der Waals surface area (Å²) in [5.74, 6) is 0.728. The average molecular weight is 276 g/mol. The first-order valence-electron chi connectivity index (χ1n) is 8.38. The Morgan fingerprint density at radius 3 is 2.48 bits per heavy atom. The fraction of sp³-hybridized carbons (Fsp3) is 0.429. The van der Waals surface area contributed by atoms with Crippen LogP contribution >= 0.6 is 0 Å². The second-order valence-electron chi connectivity index (χ2n) is 7.09. The van der Waals surface area contributed by atoms with E-state index in [-0.39, 0.29) is 0 Å². The Bertz CT molecular complexity index is 710. The molecular formula is C21H24. The molecule has 0 unspecified atom stereocenters. The quantitative estimate of drug-likeness (QED) is 0.608. The summed E-state index contributed by atoms with van der Waals surface area (Å²) < 4.78 is 0. The van der Waals surface area contributed by atoms with Gasteiger partial charge in [0.15, 0.2) is 0 Å². The maximum Gasteiger partial charge on any atom is 0.00255 e. The summed E-state index contributed by atoms with van der Waals surface area (Å²) >= 11 is 0. The van der Waals surface area contributed by atoms with Gasteiger partial charge in [-0.15, -0.1) is 0 Å². The van der Waals surface area contributed by atoms with E-state index in [0.717, 1.165) is 5.92 Å². The summed E-state index contributed by atoms with van der Waals surface area (Å²) in [6.07, 6.45) is 5.36. The fourth-order valence-corrected chi connectivity index (χ4v) is 4.98. The Balaban J connectivity index is 2.08. The van der Waals surface area contributed by atoms with Crippen molar-refractivity contribution in [2.24, 2.45) is 0 Å². The molecule has 0 amide bonds. The highest BCUT2D eigenvalue weighted by molar-refractivity contribution is 5.77. The lowest BCUT2D eigenvalue weighted by Crippen LogP contribution is -2.32. The molecule has 2 aliphatic carbocycles. The predicted octanol–water partition coefficient (Wildman–Crippen LogP) is 5.90. The molecule has 0 spiro atoms. The zero-order valence-electron chi connectivity index (χ0n) is 13.4. The third-order valence-corrected chi connectivity index (χ3v) is 6.00. The zero-order valence-corrected chi connectivity index (χ0v) is 13.4. The first-order chi connectivity index (χ1) is 10.2. The van der Waals surface area contributed by atoms with Gasteiger partial charge in [0, 0.05) is 5.41 Å². The highest BCUT2D eigenvalue weighted by Crippen LogP contribution is 2.60. The Morgan fingerprint density at radius 2 is 1.71 bits per heavy atom. The molecule has 0 radical (unpaired) electrons. The molecule has 2 aliphatic rings. The molecule has 108 valence electrons. The van der Waals surface area contributed by atoms with Gasteiger partial charge in [-0.1, -0.05) is 60.9 Å². The molecule has 0 heterocycles. The van der Waals surface area contributed by atoms with Gasteiger partial charge in [0.1, 0.15) is 0 Å². The Labute approximate surface area is 128 Å². The van der Waals surface area contributed by atoms with Crippen LogP contribution in [0.1, 0.15) is 60.8 Å². The van der Waals surface area contributed by atoms with Crippen molar-refractivity contribution in [1.29, 1.82) is 0 Å². The van der Waals surface area contributed by atoms with Gasteiger partial charge in [-0.3, -0.25) is 0 Å². The Hall–Kier alpha value is -1.56. The van der Waals surface area contributed by atoms with Crippen LogP contribution in [0.3, 0.4) is 0 Å². The van der Waals surface area contributed by atoms with Crippen molar-refractivity contribution in [3.8, 4) is 11.1 Å². The van der Waals surface area contributed by atoms with Crippen LogP contribution in [0.5, 0.6) is 0 Å². The van der Waals surface area contributed by atoms with Gasteiger partial charge in [0.05, 0.1) is 0 Å². The van der Waals surface area contributed by atoms with E-state index in [0.29, 0.717) is 5.41 Å². The van der Waals surface area contributed by atoms with E-state index in [1.165, 1.54) is 47.9 Å². The normalized spacial score (nSPS) is 26.1. The lowest BCUT2D eigenvalue weighted by molar-refractivity contribution is 0.372. The second kappa shape index (κ2) is 4.47. The maximum atomic E-state index is 2.47. The van der Waals surface area contributed by atoms with Gasteiger partial charge in [0.25, 0.3) is 0 Å². The first kappa shape index (κ1) is 13.1. The molecule has 2 atom stereocenters. The number of fused-ring (bicyclic) bond motifs is 6. The van der Waals surface area contributed by atoms with E-state index in [1.807, 2.05) is 0 Å². The van der Waals surface area contributed by atoms with Gasteiger partial charge < -0.3 is 0 Å². The monoisotopic (exact) mass is 276 g/mol. The fourth-order valence-electron chi connectivity index (χ4n) is 4.98. The second-order valence-corrected chi connectivity index (χ2v) is 7.09. The molecule has 0 N–H and O–H groups in total. The van der Waals surface area contributed by atoms with Crippen LogP contribution < -0.4 is 0 Å². The summed E-state index contributed by atoms with van der Waals surface area (Å²) in [5.41, 5.74) is 9.43. The van der Waals surface area contributed by atoms with E-state index in [4.69, 9.17) is 0 Å². The molecule has 2 aromatic carbocycles. The summed E-state index contributed by atoms with van der Waals surface area (Å²) in [6.45, 7) is 6.86. The van der Waals surface area contributed by atoms with Crippen molar-refractivity contribution < 1.29 is 0 Å². The number of hydrogen-bond acceptors (Lipinski definition) is 0. The number of benzene rings is 2. The smallest absolute Gasteiger partial charge is 0.00255 e. The maximum absolute atomic E-state index is 2.47. The van der Waals surface area contributed by atoms with Crippen molar-refractivity contribution >= 4 is 0 Å². The van der Waals surface area contributed by atoms with Crippen molar-refractivity contribution in [3.05, 3.63) is 58.7 Å². The van der Waals surface area contributed by atoms with Crippen molar-refractivity contribution in [2.75, 3.05) is 0 Å². The van der Waals surface area contributed by atoms with Crippen molar-refractivity contribution in [3.63, 3.8) is 0 Å². The van der Waals surface area contributed by atoms with Crippen LogP contribution in [0.25, 0.3) is 11.1 Å². The van der Waals surface area contributed by atoms with Crippen LogP contribution in [0.2, 0.25) is 0 Å². The van der Waals surface area contributed by atoms with Gasteiger partial charge in [-0.25, -0.2) is 0 Å². The summed E-state index contributed by atoms with van der Waals surface area (Å²) in [4.78, 5) is 0. The topological polar surface area (TPSA) is 0 Å². The third kappa shape index (κ3) is 1.68. The Morgan fingerprint density at radius 1 is 1.00 bits per heavy atom. The van der Waals surface area contributed by atoms with E-state index < -0.39 is 0 Å². The van der Waals surface area contributed by atoms with E-state index in [1.54, 1.807) is 11.1 Å². The van der Waals surface area contributed by atoms with Crippen LogP contribution in [0, 0.1) is 13.8 Å². The predicted molar refractivity (Wildman–Crippen MR) is 89.9 cm³/mol. The van der Waals surface area contributed by atoms with Crippen LogP contribution in [-0.2, 0) is 5.41 Å². The summed E-state index contributed by atoms with van der Waals surface area (Å²) in [5, 5.41) is 0. The minimum atomic E-state index is 0.391. The molecule has 0 saturated heterocycles. The van der Waals surface area contributed by atoms with Crippen LogP contribution in [0.15, 0.2) is 36.4 Å². The standard InChI is InChI=1S/C21H24/c1-4-21-11-5-6-19(21)18-12-14(2)7-9-16(18)17-10-8-15(3)13-20(17)21/h7-10,12-13,19H,4-6,11H2,1-3H3/t19-,21-/m1/s1. The Kier molecular flexibility index (Phi) is 2.79. The molecule has 0 bridgehead atoms. The molecule has 1 fully saturated rings. The van der Waals surface area contributed by atoms with Gasteiger partial charge in [-0.05, 0) is 61.3 Å². The van der Waals surface area contributed by atoms with Crippen molar-refractivity contribution in [2.45, 2.75) is 57.8 Å². The molecular weight excluding hydrogens is 252 g/mol. The number of rotatable bonds is 1. The van der Waals surface area contributed by atoms with Crippen LogP contribution in [0.4, 0.5) is 0 Å². The minimum absolute atomic E-state index is 0.391. The molecule has 0 heteroatoms. The molecule has 0 aliphatic heterocycles. The van der Waals surface area contributed by atoms with Gasteiger partial charge >= 0.3 is 0 Å². The zero-order chi connectivity index (χ0) is 14.6. The van der Waals surface area contributed by atoms with Gasteiger partial charge in [-0.2, -0.15) is 0 Å². The van der Waals surface area contributed by atoms with E-state index >= 15 is 0 Å². The van der Waals surface area contributed by atoms with Gasteiger partial charge in [0.2, 0.25) is 0 Å². The molecule has 2 aromatic rings. The largest absolute Gasteiger partial charge is 0.0645 e. The molecule has 1 saturated carbocycles. The van der Waals surface area contributed by atoms with Crippen molar-refractivity contribution in [1.82, 2.24) is 0 Å². The van der Waals surface area contributed by atoms with Crippen LogP contribution in [-0.4, -0.2) is 0 Å². The molecule has 0 nitrogen and oxygen atoms in total. The first-order valence-corrected chi connectivity index (χ1v) is 8.38. The molecule has 0 aromatic heterocycles. The third-order valence-electron chi connectivity index (χ3n) is 6.00. The van der Waals surface area contributed by atoms with E-state index in [9.17, 15) is 0 Å². The lowest BCUT2D eigenvalue weighted by Gasteiger charge is -2.42. The number of aryl methyl sites for hydroxylation is 2.